The molecule has 2 aliphatic heterocycles. The van der Waals surface area contributed by atoms with Crippen LogP contribution in [-0.2, 0) is 5.41 Å². The first kappa shape index (κ1) is 42.0. The van der Waals surface area contributed by atoms with Crippen LogP contribution in [0.1, 0.15) is 31.9 Å². The molecule has 0 N–H and O–H groups in total. The summed E-state index contributed by atoms with van der Waals surface area (Å²) in [6, 6.07) is 89.5. The Morgan fingerprint density at radius 3 is 1.41 bits per heavy atom. The van der Waals surface area contributed by atoms with Crippen LogP contribution in [0.15, 0.2) is 243 Å². The summed E-state index contributed by atoms with van der Waals surface area (Å²) < 4.78 is 0. The summed E-state index contributed by atoms with van der Waals surface area (Å²) >= 11 is 0. The summed E-state index contributed by atoms with van der Waals surface area (Å²) in [4.78, 5) is 7.50. The fourth-order valence-corrected chi connectivity index (χ4v) is 10.7. The average molecular weight is 886 g/mol. The maximum absolute atomic E-state index is 2.58. The summed E-state index contributed by atoms with van der Waals surface area (Å²) in [6.07, 6.45) is 0. The largest absolute Gasteiger partial charge is 0.311 e. The molecule has 0 radical (unpaired) electrons. The molecular formula is C65H52BN3. The average Bonchev–Trinajstić information content (AvgIpc) is 3.39. The highest BCUT2D eigenvalue weighted by molar-refractivity contribution is 7.00. The molecule has 0 saturated heterocycles. The summed E-state index contributed by atoms with van der Waals surface area (Å²) in [5.74, 6) is 0. The van der Waals surface area contributed by atoms with Crippen LogP contribution < -0.4 is 31.1 Å². The van der Waals surface area contributed by atoms with Crippen molar-refractivity contribution in [2.75, 3.05) is 14.7 Å². The van der Waals surface area contributed by atoms with E-state index >= 15 is 0 Å². The monoisotopic (exact) mass is 885 g/mol. The number of nitrogens with zero attached hydrogens (tertiary/aromatic N) is 3. The molecule has 0 fully saturated rings. The Balaban J connectivity index is 1.15. The molecule has 69 heavy (non-hydrogen) atoms. The molecule has 10 aromatic carbocycles. The first-order valence-corrected chi connectivity index (χ1v) is 24.1. The van der Waals surface area contributed by atoms with Crippen LogP contribution in [0.25, 0.3) is 33.4 Å². The zero-order valence-corrected chi connectivity index (χ0v) is 39.5. The van der Waals surface area contributed by atoms with Crippen molar-refractivity contribution in [3.8, 4) is 33.4 Å². The topological polar surface area (TPSA) is 9.72 Å². The van der Waals surface area contributed by atoms with E-state index in [9.17, 15) is 0 Å². The SMILES string of the molecule is Cc1cc2c3c(c1)N(c1ccc(-c4ccccc4)cc1-c1ccccc1)c1cc(-c4ccccc4)ccc1B3c1ccc(N(c3ccccc3)c3ccccc3)cc1N2c1ccc(C(C)(C)C)cc1. The van der Waals surface area contributed by atoms with Gasteiger partial charge in [0.15, 0.2) is 0 Å². The second-order valence-electron chi connectivity index (χ2n) is 19.5. The number of hydrogen-bond donors (Lipinski definition) is 0. The third kappa shape index (κ3) is 7.50. The standard InChI is InChI=1S/C65H52BN3/c1-45-40-62-64-63(41-45)69(59-39-31-49(46-20-10-5-11-21-46)42-56(59)48-24-14-7-15-25-48)60-43-50(47-22-12-6-13-23-47)30-37-57(60)66(64)58-38-36-55(67(52-26-16-8-17-27-52)53-28-18-9-19-29-53)44-61(58)68(62)54-34-32-51(33-35-54)65(2,3)4/h5-44H,1-4H3. The summed E-state index contributed by atoms with van der Waals surface area (Å²) in [7, 11) is 0. The van der Waals surface area contributed by atoms with Gasteiger partial charge in [-0.25, -0.2) is 0 Å². The minimum atomic E-state index is -0.0495. The van der Waals surface area contributed by atoms with Crippen molar-refractivity contribution in [2.24, 2.45) is 0 Å². The number of fused-ring (bicyclic) bond motifs is 4. The Kier molecular flexibility index (Phi) is 10.4. The van der Waals surface area contributed by atoms with Gasteiger partial charge in [-0.2, -0.15) is 0 Å². The maximum Gasteiger partial charge on any atom is 0.252 e. The molecule has 4 heteroatoms. The van der Waals surface area contributed by atoms with Crippen LogP contribution in [-0.4, -0.2) is 6.71 Å². The van der Waals surface area contributed by atoms with E-state index in [1.165, 1.54) is 83.6 Å². The van der Waals surface area contributed by atoms with Gasteiger partial charge in [-0.1, -0.05) is 185 Å². The van der Waals surface area contributed by atoms with Gasteiger partial charge < -0.3 is 14.7 Å². The molecule has 0 amide bonds. The third-order valence-corrected chi connectivity index (χ3v) is 14.0. The van der Waals surface area contributed by atoms with E-state index in [0.29, 0.717) is 0 Å². The van der Waals surface area contributed by atoms with E-state index in [2.05, 4.69) is 285 Å². The smallest absolute Gasteiger partial charge is 0.252 e. The lowest BCUT2D eigenvalue weighted by Gasteiger charge is -2.45. The van der Waals surface area contributed by atoms with Crippen LogP contribution in [0.2, 0.25) is 0 Å². The number of aryl methyl sites for hydroxylation is 1. The second kappa shape index (κ2) is 17.1. The van der Waals surface area contributed by atoms with Gasteiger partial charge in [-0.3, -0.25) is 0 Å². The van der Waals surface area contributed by atoms with Crippen molar-refractivity contribution in [1.82, 2.24) is 0 Å². The highest BCUT2D eigenvalue weighted by Gasteiger charge is 2.44. The molecule has 10 aromatic rings. The van der Waals surface area contributed by atoms with Crippen molar-refractivity contribution >= 4 is 74.3 Å². The van der Waals surface area contributed by atoms with E-state index in [4.69, 9.17) is 0 Å². The summed E-state index contributed by atoms with van der Waals surface area (Å²) in [6.45, 7) is 9.08. The lowest BCUT2D eigenvalue weighted by Crippen LogP contribution is -2.61. The quantitative estimate of drug-likeness (QED) is 0.141. The number of hydrogen-bond acceptors (Lipinski definition) is 3. The minimum Gasteiger partial charge on any atom is -0.311 e. The molecule has 0 aliphatic carbocycles. The summed E-state index contributed by atoms with van der Waals surface area (Å²) in [5, 5.41) is 0. The van der Waals surface area contributed by atoms with Crippen molar-refractivity contribution < 1.29 is 0 Å². The van der Waals surface area contributed by atoms with Crippen LogP contribution in [0, 0.1) is 6.92 Å². The van der Waals surface area contributed by atoms with E-state index in [-0.39, 0.29) is 12.1 Å². The zero-order valence-electron chi connectivity index (χ0n) is 39.5. The van der Waals surface area contributed by atoms with Crippen LogP contribution in [0.5, 0.6) is 0 Å². The van der Waals surface area contributed by atoms with E-state index in [1.807, 2.05) is 0 Å². The Morgan fingerprint density at radius 1 is 0.362 bits per heavy atom. The van der Waals surface area contributed by atoms with Crippen molar-refractivity contribution in [3.05, 3.63) is 254 Å². The highest BCUT2D eigenvalue weighted by Crippen LogP contribution is 2.49. The third-order valence-electron chi connectivity index (χ3n) is 14.0. The highest BCUT2D eigenvalue weighted by atomic mass is 15.2. The molecule has 0 spiro atoms. The van der Waals surface area contributed by atoms with Gasteiger partial charge in [-0.15, -0.1) is 0 Å². The van der Waals surface area contributed by atoms with E-state index < -0.39 is 0 Å². The molecule has 0 saturated carbocycles. The normalized spacial score (nSPS) is 12.6. The van der Waals surface area contributed by atoms with Gasteiger partial charge >= 0.3 is 0 Å². The van der Waals surface area contributed by atoms with Gasteiger partial charge in [-0.05, 0) is 147 Å². The van der Waals surface area contributed by atoms with E-state index in [0.717, 1.165) is 28.4 Å². The minimum absolute atomic E-state index is 0.0142. The van der Waals surface area contributed by atoms with Crippen molar-refractivity contribution in [1.29, 1.82) is 0 Å². The van der Waals surface area contributed by atoms with Gasteiger partial charge in [0.25, 0.3) is 6.71 Å². The van der Waals surface area contributed by atoms with Crippen LogP contribution in [0.4, 0.5) is 51.2 Å². The van der Waals surface area contributed by atoms with Gasteiger partial charge in [0, 0.05) is 51.1 Å². The van der Waals surface area contributed by atoms with Crippen molar-refractivity contribution in [2.45, 2.75) is 33.1 Å². The fraction of sp³-hybridized carbons (Fsp3) is 0.0769. The number of rotatable bonds is 8. The summed E-state index contributed by atoms with van der Waals surface area (Å²) in [5.41, 5.74) is 23.8. The molecular weight excluding hydrogens is 834 g/mol. The molecule has 0 atom stereocenters. The lowest BCUT2D eigenvalue weighted by atomic mass is 9.33. The molecule has 3 nitrogen and oxygen atoms in total. The number of benzene rings is 10. The van der Waals surface area contributed by atoms with Gasteiger partial charge in [0.2, 0.25) is 0 Å². The fourth-order valence-electron chi connectivity index (χ4n) is 10.7. The number of para-hydroxylation sites is 2. The van der Waals surface area contributed by atoms with Gasteiger partial charge in [0.05, 0.1) is 5.69 Å². The molecule has 12 rings (SSSR count). The predicted molar refractivity (Wildman–Crippen MR) is 295 cm³/mol. The zero-order chi connectivity index (χ0) is 46.6. The van der Waals surface area contributed by atoms with Crippen molar-refractivity contribution in [3.63, 3.8) is 0 Å². The molecule has 0 bridgehead atoms. The van der Waals surface area contributed by atoms with Gasteiger partial charge in [0.1, 0.15) is 0 Å². The Labute approximate surface area is 407 Å². The maximum atomic E-state index is 2.58. The lowest BCUT2D eigenvalue weighted by molar-refractivity contribution is 0.590. The number of anilines is 9. The Morgan fingerprint density at radius 2 is 0.841 bits per heavy atom. The Bertz CT molecular complexity index is 3440. The second-order valence-corrected chi connectivity index (χ2v) is 19.5. The first-order valence-electron chi connectivity index (χ1n) is 24.1. The first-order chi connectivity index (χ1) is 33.8. The van der Waals surface area contributed by atoms with Crippen LogP contribution >= 0.6 is 0 Å². The molecule has 0 aromatic heterocycles. The Hall–Kier alpha value is -8.34. The molecule has 0 unspecified atom stereocenters. The molecule has 2 heterocycles. The van der Waals surface area contributed by atoms with Crippen LogP contribution in [0.3, 0.4) is 0 Å². The molecule has 330 valence electrons. The molecule has 2 aliphatic rings. The predicted octanol–water partition coefficient (Wildman–Crippen LogP) is 15.8. The van der Waals surface area contributed by atoms with E-state index in [1.54, 1.807) is 0 Å².